The van der Waals surface area contributed by atoms with Crippen LogP contribution < -0.4 is 16.1 Å². The minimum atomic E-state index is -0.500. The second kappa shape index (κ2) is 9.53. The van der Waals surface area contributed by atoms with E-state index < -0.39 is 11.2 Å². The van der Waals surface area contributed by atoms with Crippen LogP contribution in [0.25, 0.3) is 21.4 Å². The van der Waals surface area contributed by atoms with Gasteiger partial charge in [0, 0.05) is 40.3 Å². The number of anilines is 1. The molecule has 184 valence electrons. The SMILES string of the molecule is Cn1c(=O)c2c(ncn2CC(=O)N(CCN2CCOCC2)c2nc3c(Cl)cccc3s2)n(C)c1=O. The maximum absolute atomic E-state index is 13.6. The molecule has 0 N–H and O–H groups in total. The average molecular weight is 518 g/mol. The maximum Gasteiger partial charge on any atom is 0.332 e. The number of hydrogen-bond donors (Lipinski definition) is 0. The van der Waals surface area contributed by atoms with Crippen LogP contribution in [-0.2, 0) is 30.2 Å². The summed E-state index contributed by atoms with van der Waals surface area (Å²) < 4.78 is 10.1. The van der Waals surface area contributed by atoms with E-state index in [-0.39, 0.29) is 23.6 Å². The van der Waals surface area contributed by atoms with Crippen LogP contribution in [0.4, 0.5) is 5.13 Å². The standard InChI is InChI=1S/C22H24ClN7O4S/c1-26-19-18(20(32)27(2)22(26)33)29(13-24-19)12-16(31)30(7-6-28-8-10-34-11-9-28)21-25-17-14(23)4-3-5-15(17)35-21/h3-5,13H,6-12H2,1-2H3. The van der Waals surface area contributed by atoms with Gasteiger partial charge in [-0.15, -0.1) is 0 Å². The van der Waals surface area contributed by atoms with Gasteiger partial charge in [-0.3, -0.25) is 28.5 Å². The third-order valence-corrected chi connectivity index (χ3v) is 7.51. The highest BCUT2D eigenvalue weighted by Gasteiger charge is 2.24. The van der Waals surface area contributed by atoms with E-state index in [1.54, 1.807) is 18.0 Å². The van der Waals surface area contributed by atoms with Gasteiger partial charge in [-0.25, -0.2) is 14.8 Å². The molecule has 1 aliphatic heterocycles. The molecular weight excluding hydrogens is 494 g/mol. The topological polar surface area (TPSA) is 107 Å². The fourth-order valence-electron chi connectivity index (χ4n) is 4.16. The number of ether oxygens (including phenoxy) is 1. The third-order valence-electron chi connectivity index (χ3n) is 6.16. The fraction of sp³-hybridized carbons (Fsp3) is 0.409. The summed E-state index contributed by atoms with van der Waals surface area (Å²) in [7, 11) is 2.95. The lowest BCUT2D eigenvalue weighted by Gasteiger charge is -2.29. The molecule has 0 radical (unpaired) electrons. The number of imidazole rings is 1. The van der Waals surface area contributed by atoms with Crippen molar-refractivity contribution in [2.45, 2.75) is 6.54 Å². The minimum absolute atomic E-state index is 0.128. The Labute approximate surface area is 208 Å². The van der Waals surface area contributed by atoms with Gasteiger partial charge in [0.25, 0.3) is 5.56 Å². The summed E-state index contributed by atoms with van der Waals surface area (Å²) in [6, 6.07) is 5.54. The number of halogens is 1. The zero-order chi connectivity index (χ0) is 24.7. The first kappa shape index (κ1) is 23.7. The van der Waals surface area contributed by atoms with E-state index in [1.807, 2.05) is 12.1 Å². The largest absolute Gasteiger partial charge is 0.379 e. The van der Waals surface area contributed by atoms with Crippen LogP contribution in [0.2, 0.25) is 5.02 Å². The summed E-state index contributed by atoms with van der Waals surface area (Å²) in [6.07, 6.45) is 1.42. The molecule has 0 aliphatic carbocycles. The molecule has 4 aromatic rings. The van der Waals surface area contributed by atoms with E-state index in [9.17, 15) is 14.4 Å². The summed E-state index contributed by atoms with van der Waals surface area (Å²) in [5, 5.41) is 1.06. The quantitative estimate of drug-likeness (QED) is 0.376. The Morgan fingerprint density at radius 2 is 1.97 bits per heavy atom. The Morgan fingerprint density at radius 3 is 2.71 bits per heavy atom. The van der Waals surface area contributed by atoms with Crippen LogP contribution in [0.15, 0.2) is 34.1 Å². The number of amides is 1. The maximum atomic E-state index is 13.6. The highest BCUT2D eigenvalue weighted by Crippen LogP contribution is 2.33. The van der Waals surface area contributed by atoms with Crippen molar-refractivity contribution >= 4 is 55.4 Å². The van der Waals surface area contributed by atoms with E-state index in [0.29, 0.717) is 42.0 Å². The van der Waals surface area contributed by atoms with Gasteiger partial charge >= 0.3 is 5.69 Å². The normalized spacial score (nSPS) is 14.7. The summed E-state index contributed by atoms with van der Waals surface area (Å²) in [6.45, 7) is 3.85. The van der Waals surface area contributed by atoms with Crippen molar-refractivity contribution in [3.63, 3.8) is 0 Å². The van der Waals surface area contributed by atoms with Gasteiger partial charge < -0.3 is 9.30 Å². The Bertz CT molecular complexity index is 1530. The molecule has 0 bridgehead atoms. The predicted molar refractivity (Wildman–Crippen MR) is 134 cm³/mol. The second-order valence-electron chi connectivity index (χ2n) is 8.33. The highest BCUT2D eigenvalue weighted by atomic mass is 35.5. The summed E-state index contributed by atoms with van der Waals surface area (Å²) in [5.74, 6) is -0.247. The molecule has 3 aromatic heterocycles. The number of thiazole rings is 1. The van der Waals surface area contributed by atoms with Crippen molar-refractivity contribution in [1.82, 2.24) is 28.6 Å². The van der Waals surface area contributed by atoms with Gasteiger partial charge in [0.05, 0.1) is 29.3 Å². The molecule has 1 fully saturated rings. The Hall–Kier alpha value is -3.06. The average Bonchev–Trinajstić information content (AvgIpc) is 3.48. The smallest absolute Gasteiger partial charge is 0.332 e. The number of carbonyl (C=O) groups excluding carboxylic acids is 1. The van der Waals surface area contributed by atoms with E-state index in [4.69, 9.17) is 16.3 Å². The van der Waals surface area contributed by atoms with E-state index in [0.717, 1.165) is 22.4 Å². The first-order valence-corrected chi connectivity index (χ1v) is 12.3. The van der Waals surface area contributed by atoms with Crippen molar-refractivity contribution in [3.8, 4) is 0 Å². The summed E-state index contributed by atoms with van der Waals surface area (Å²) in [5.41, 5.74) is 0.105. The number of fused-ring (bicyclic) bond motifs is 2. The monoisotopic (exact) mass is 517 g/mol. The molecule has 4 heterocycles. The molecule has 11 nitrogen and oxygen atoms in total. The van der Waals surface area contributed by atoms with Crippen LogP contribution in [-0.4, -0.2) is 73.9 Å². The Morgan fingerprint density at radius 1 is 1.20 bits per heavy atom. The fourth-order valence-corrected chi connectivity index (χ4v) is 5.47. The number of nitrogens with zero attached hydrogens (tertiary/aromatic N) is 7. The van der Waals surface area contributed by atoms with Crippen LogP contribution in [0.3, 0.4) is 0 Å². The van der Waals surface area contributed by atoms with Crippen molar-refractivity contribution < 1.29 is 9.53 Å². The van der Waals surface area contributed by atoms with Crippen LogP contribution in [0.1, 0.15) is 0 Å². The molecule has 5 rings (SSSR count). The lowest BCUT2D eigenvalue weighted by atomic mass is 10.3. The number of aryl methyl sites for hydroxylation is 1. The van der Waals surface area contributed by atoms with E-state index in [1.165, 1.54) is 33.8 Å². The van der Waals surface area contributed by atoms with Gasteiger partial charge in [-0.2, -0.15) is 0 Å². The van der Waals surface area contributed by atoms with E-state index in [2.05, 4.69) is 14.9 Å². The number of morpholine rings is 1. The third kappa shape index (κ3) is 4.38. The predicted octanol–water partition coefficient (Wildman–Crippen LogP) is 1.06. The number of carbonyl (C=O) groups is 1. The molecular formula is C22H24ClN7O4S. The molecule has 0 unspecified atom stereocenters. The molecule has 1 aliphatic rings. The van der Waals surface area contributed by atoms with Crippen molar-refractivity contribution in [3.05, 3.63) is 50.4 Å². The van der Waals surface area contributed by atoms with Gasteiger partial charge in [0.2, 0.25) is 5.91 Å². The molecule has 0 spiro atoms. The molecule has 35 heavy (non-hydrogen) atoms. The van der Waals surface area contributed by atoms with Crippen molar-refractivity contribution in [2.75, 3.05) is 44.3 Å². The molecule has 1 amide bonds. The van der Waals surface area contributed by atoms with Crippen molar-refractivity contribution in [2.24, 2.45) is 14.1 Å². The lowest BCUT2D eigenvalue weighted by Crippen LogP contribution is -2.44. The van der Waals surface area contributed by atoms with Crippen LogP contribution >= 0.6 is 22.9 Å². The molecule has 13 heteroatoms. The first-order valence-electron chi connectivity index (χ1n) is 11.1. The second-order valence-corrected chi connectivity index (χ2v) is 9.75. The minimum Gasteiger partial charge on any atom is -0.379 e. The number of aromatic nitrogens is 5. The van der Waals surface area contributed by atoms with Crippen LogP contribution in [0.5, 0.6) is 0 Å². The highest BCUT2D eigenvalue weighted by molar-refractivity contribution is 7.22. The first-order chi connectivity index (χ1) is 16.8. The molecule has 1 saturated heterocycles. The van der Waals surface area contributed by atoms with Gasteiger partial charge in [-0.05, 0) is 12.1 Å². The van der Waals surface area contributed by atoms with Gasteiger partial charge in [-0.1, -0.05) is 29.0 Å². The van der Waals surface area contributed by atoms with Gasteiger partial charge in [0.1, 0.15) is 12.1 Å². The number of hydrogen-bond acceptors (Lipinski definition) is 8. The van der Waals surface area contributed by atoms with Crippen molar-refractivity contribution in [1.29, 1.82) is 0 Å². The lowest BCUT2D eigenvalue weighted by molar-refractivity contribution is -0.119. The Kier molecular flexibility index (Phi) is 6.45. The molecule has 0 saturated carbocycles. The Balaban J connectivity index is 1.49. The zero-order valence-corrected chi connectivity index (χ0v) is 20.9. The summed E-state index contributed by atoms with van der Waals surface area (Å²) in [4.78, 5) is 51.4. The van der Waals surface area contributed by atoms with E-state index >= 15 is 0 Å². The van der Waals surface area contributed by atoms with Gasteiger partial charge in [0.15, 0.2) is 16.3 Å². The zero-order valence-electron chi connectivity index (χ0n) is 19.3. The number of rotatable bonds is 6. The molecule has 0 atom stereocenters. The number of benzene rings is 1. The summed E-state index contributed by atoms with van der Waals surface area (Å²) >= 11 is 7.73. The number of para-hydroxylation sites is 1. The molecule has 1 aromatic carbocycles. The van der Waals surface area contributed by atoms with Crippen LogP contribution in [0, 0.1) is 0 Å².